The number of nitrogens with zero attached hydrogens (tertiary/aromatic N) is 2. The average Bonchev–Trinajstić information content (AvgIpc) is 2.97. The van der Waals surface area contributed by atoms with Crippen molar-refractivity contribution in [1.29, 1.82) is 0 Å². The molecule has 0 atom stereocenters. The van der Waals surface area contributed by atoms with Crippen molar-refractivity contribution in [2.45, 2.75) is 0 Å². The second-order valence-electron chi connectivity index (χ2n) is 4.20. The van der Waals surface area contributed by atoms with E-state index in [-0.39, 0.29) is 5.91 Å². The number of carbonyl (C=O) groups excluding carboxylic acids is 1. The maximum absolute atomic E-state index is 11.8. The monoisotopic (exact) mass is 274 g/mol. The van der Waals surface area contributed by atoms with Crippen LogP contribution in [0.2, 0.25) is 0 Å². The highest BCUT2D eigenvalue weighted by Gasteiger charge is 2.09. The summed E-state index contributed by atoms with van der Waals surface area (Å²) >= 11 is 0. The molecule has 6 nitrogen and oxygen atoms in total. The molecule has 0 spiro atoms. The first-order chi connectivity index (χ1) is 9.74. The lowest BCUT2D eigenvalue weighted by atomic mass is 10.3. The van der Waals surface area contributed by atoms with Crippen molar-refractivity contribution in [3.63, 3.8) is 0 Å². The largest absolute Gasteiger partial charge is 0.497 e. The highest BCUT2D eigenvalue weighted by atomic mass is 16.5. The number of rotatable bonds is 6. The normalized spacial score (nSPS) is 10.3. The third-order valence-corrected chi connectivity index (χ3v) is 2.82. The molecule has 0 aliphatic carbocycles. The molecular formula is C14H18N4O2. The van der Waals surface area contributed by atoms with Gasteiger partial charge in [-0.2, -0.15) is 5.10 Å². The minimum atomic E-state index is -0.174. The zero-order valence-electron chi connectivity index (χ0n) is 11.6. The van der Waals surface area contributed by atoms with Gasteiger partial charge in [0.15, 0.2) is 5.69 Å². The molecule has 1 heterocycles. The molecule has 0 aliphatic rings. The van der Waals surface area contributed by atoms with E-state index in [1.165, 1.54) is 0 Å². The van der Waals surface area contributed by atoms with Crippen LogP contribution in [-0.2, 0) is 0 Å². The quantitative estimate of drug-likeness (QED) is 0.766. The van der Waals surface area contributed by atoms with E-state index in [1.54, 1.807) is 24.1 Å². The van der Waals surface area contributed by atoms with Crippen LogP contribution in [0.5, 0.6) is 5.75 Å². The van der Waals surface area contributed by atoms with Gasteiger partial charge >= 0.3 is 0 Å². The summed E-state index contributed by atoms with van der Waals surface area (Å²) in [7, 11) is 3.46. The minimum Gasteiger partial charge on any atom is -0.497 e. The van der Waals surface area contributed by atoms with Gasteiger partial charge in [0.05, 0.1) is 12.8 Å². The van der Waals surface area contributed by atoms with E-state index < -0.39 is 0 Å². The van der Waals surface area contributed by atoms with Crippen molar-refractivity contribution >= 4 is 5.91 Å². The summed E-state index contributed by atoms with van der Waals surface area (Å²) in [6, 6.07) is 9.16. The van der Waals surface area contributed by atoms with E-state index in [2.05, 4.69) is 15.7 Å². The highest BCUT2D eigenvalue weighted by Crippen LogP contribution is 2.14. The Morgan fingerprint density at radius 2 is 2.00 bits per heavy atom. The van der Waals surface area contributed by atoms with E-state index >= 15 is 0 Å². The lowest BCUT2D eigenvalue weighted by Gasteiger charge is -2.04. The minimum absolute atomic E-state index is 0.174. The Kier molecular flexibility index (Phi) is 4.73. The predicted octanol–water partition coefficient (Wildman–Crippen LogP) is 0.830. The van der Waals surface area contributed by atoms with Crippen LogP contribution in [0.4, 0.5) is 0 Å². The summed E-state index contributed by atoms with van der Waals surface area (Å²) in [5.74, 6) is 0.610. The van der Waals surface area contributed by atoms with Gasteiger partial charge in [-0.25, -0.2) is 4.68 Å². The Morgan fingerprint density at radius 1 is 1.25 bits per heavy atom. The van der Waals surface area contributed by atoms with Crippen LogP contribution < -0.4 is 15.4 Å². The number of amides is 1. The second-order valence-corrected chi connectivity index (χ2v) is 4.20. The first-order valence-electron chi connectivity index (χ1n) is 6.37. The van der Waals surface area contributed by atoms with Crippen molar-refractivity contribution < 1.29 is 9.53 Å². The summed E-state index contributed by atoms with van der Waals surface area (Å²) in [6.07, 6.45) is 1.76. The van der Waals surface area contributed by atoms with Crippen molar-refractivity contribution in [3.05, 3.63) is 42.2 Å². The molecule has 0 bridgehead atoms. The van der Waals surface area contributed by atoms with Crippen molar-refractivity contribution in [1.82, 2.24) is 20.4 Å². The van der Waals surface area contributed by atoms with Crippen molar-refractivity contribution in [3.8, 4) is 11.4 Å². The van der Waals surface area contributed by atoms with Gasteiger partial charge in [-0.3, -0.25) is 4.79 Å². The molecule has 0 saturated heterocycles. The summed E-state index contributed by atoms with van der Waals surface area (Å²) in [4.78, 5) is 11.8. The van der Waals surface area contributed by atoms with Gasteiger partial charge in [-0.15, -0.1) is 0 Å². The van der Waals surface area contributed by atoms with E-state index in [1.807, 2.05) is 31.3 Å². The summed E-state index contributed by atoms with van der Waals surface area (Å²) in [5.41, 5.74) is 1.27. The molecule has 2 rings (SSSR count). The maximum Gasteiger partial charge on any atom is 0.271 e. The molecule has 0 unspecified atom stereocenters. The van der Waals surface area contributed by atoms with Crippen molar-refractivity contribution in [2.24, 2.45) is 0 Å². The molecule has 0 saturated carbocycles. The van der Waals surface area contributed by atoms with Gasteiger partial charge in [-0.1, -0.05) is 0 Å². The number of ether oxygens (including phenoxy) is 1. The predicted molar refractivity (Wildman–Crippen MR) is 76.4 cm³/mol. The third kappa shape index (κ3) is 3.36. The molecule has 106 valence electrons. The van der Waals surface area contributed by atoms with Gasteiger partial charge in [0.2, 0.25) is 0 Å². The molecule has 0 radical (unpaired) electrons. The highest BCUT2D eigenvalue weighted by molar-refractivity contribution is 5.92. The van der Waals surface area contributed by atoms with Crippen LogP contribution in [0.15, 0.2) is 36.5 Å². The van der Waals surface area contributed by atoms with E-state index in [4.69, 9.17) is 4.74 Å². The number of hydrogen-bond acceptors (Lipinski definition) is 4. The third-order valence-electron chi connectivity index (χ3n) is 2.82. The van der Waals surface area contributed by atoms with Crippen molar-refractivity contribution in [2.75, 3.05) is 27.2 Å². The van der Waals surface area contributed by atoms with Crippen LogP contribution in [0.25, 0.3) is 5.69 Å². The standard InChI is InChI=1S/C14H18N4O2/c1-15-8-9-16-14(19)13-7-10-18(17-13)11-3-5-12(20-2)6-4-11/h3-7,10,15H,8-9H2,1-2H3,(H,16,19). The average molecular weight is 274 g/mol. The van der Waals surface area contributed by atoms with Crippen LogP contribution in [0.1, 0.15) is 10.5 Å². The molecule has 0 aliphatic heterocycles. The number of likely N-dealkylation sites (N-methyl/N-ethyl adjacent to an activating group) is 1. The van der Waals surface area contributed by atoms with Gasteiger partial charge in [0, 0.05) is 19.3 Å². The Balaban J connectivity index is 2.05. The summed E-state index contributed by atoms with van der Waals surface area (Å²) in [5, 5.41) is 10.0. The second kappa shape index (κ2) is 6.72. The summed E-state index contributed by atoms with van der Waals surface area (Å²) < 4.78 is 6.76. The smallest absolute Gasteiger partial charge is 0.271 e. The topological polar surface area (TPSA) is 68.2 Å². The lowest BCUT2D eigenvalue weighted by molar-refractivity contribution is 0.0948. The number of hydrogen-bond donors (Lipinski definition) is 2. The van der Waals surface area contributed by atoms with Crippen LogP contribution in [0.3, 0.4) is 0 Å². The first-order valence-corrected chi connectivity index (χ1v) is 6.37. The van der Waals surface area contributed by atoms with E-state index in [0.717, 1.165) is 18.0 Å². The van der Waals surface area contributed by atoms with Gasteiger partial charge < -0.3 is 15.4 Å². The Bertz CT molecular complexity index is 563. The molecule has 1 aromatic heterocycles. The Labute approximate surface area is 117 Å². The van der Waals surface area contributed by atoms with Crippen LogP contribution in [0, 0.1) is 0 Å². The molecule has 20 heavy (non-hydrogen) atoms. The first kappa shape index (κ1) is 14.1. The Morgan fingerprint density at radius 3 is 2.65 bits per heavy atom. The SMILES string of the molecule is CNCCNC(=O)c1ccn(-c2ccc(OC)cc2)n1. The molecule has 6 heteroatoms. The fraction of sp³-hybridized carbons (Fsp3) is 0.286. The van der Waals surface area contributed by atoms with Crippen LogP contribution >= 0.6 is 0 Å². The van der Waals surface area contributed by atoms with Gasteiger partial charge in [-0.05, 0) is 37.4 Å². The van der Waals surface area contributed by atoms with E-state index in [0.29, 0.717) is 12.2 Å². The number of nitrogens with one attached hydrogen (secondary N) is 2. The number of methoxy groups -OCH3 is 1. The lowest BCUT2D eigenvalue weighted by Crippen LogP contribution is -2.30. The molecule has 2 N–H and O–H groups in total. The zero-order chi connectivity index (χ0) is 14.4. The fourth-order valence-corrected chi connectivity index (χ4v) is 1.72. The molecule has 0 fully saturated rings. The number of aromatic nitrogens is 2. The zero-order valence-corrected chi connectivity index (χ0v) is 11.6. The number of carbonyl (C=O) groups is 1. The van der Waals surface area contributed by atoms with E-state index in [9.17, 15) is 4.79 Å². The molecular weight excluding hydrogens is 256 g/mol. The summed E-state index contributed by atoms with van der Waals surface area (Å²) in [6.45, 7) is 1.30. The molecule has 1 aromatic carbocycles. The van der Waals surface area contributed by atoms with Crippen LogP contribution in [-0.4, -0.2) is 42.9 Å². The van der Waals surface area contributed by atoms with Gasteiger partial charge in [0.25, 0.3) is 5.91 Å². The number of benzene rings is 1. The molecule has 2 aromatic rings. The fourth-order valence-electron chi connectivity index (χ4n) is 1.72. The van der Waals surface area contributed by atoms with Gasteiger partial charge in [0.1, 0.15) is 5.75 Å². The molecule has 1 amide bonds. The maximum atomic E-state index is 11.8. The Hall–Kier alpha value is -2.34.